The van der Waals surface area contributed by atoms with Gasteiger partial charge in [0.2, 0.25) is 0 Å². The lowest BCUT2D eigenvalue weighted by atomic mass is 9.93. The minimum Gasteiger partial charge on any atom is -0.451 e. The number of aromatic nitrogens is 4. The summed E-state index contributed by atoms with van der Waals surface area (Å²) >= 11 is 0. The van der Waals surface area contributed by atoms with E-state index in [1.165, 1.54) is 0 Å². The van der Waals surface area contributed by atoms with Crippen molar-refractivity contribution >= 4 is 28.0 Å². The minimum atomic E-state index is -0.0460. The van der Waals surface area contributed by atoms with Crippen molar-refractivity contribution in [2.75, 3.05) is 13.1 Å². The second-order valence-electron chi connectivity index (χ2n) is 6.95. The van der Waals surface area contributed by atoms with Crippen LogP contribution in [0, 0.1) is 0 Å². The van der Waals surface area contributed by atoms with Crippen LogP contribution in [0.15, 0.2) is 47.1 Å². The molecule has 7 nitrogen and oxygen atoms in total. The third-order valence-corrected chi connectivity index (χ3v) is 5.29. The molecule has 1 aliphatic heterocycles. The highest BCUT2D eigenvalue weighted by molar-refractivity contribution is 5.96. The first-order valence-corrected chi connectivity index (χ1v) is 9.12. The van der Waals surface area contributed by atoms with Gasteiger partial charge in [-0.25, -0.2) is 14.6 Å². The number of rotatable bonds is 2. The summed E-state index contributed by atoms with van der Waals surface area (Å²) in [7, 11) is 1.89. The fraction of sp³-hybridized carbons (Fsp3) is 0.300. The molecule has 0 N–H and O–H groups in total. The Kier molecular flexibility index (Phi) is 3.67. The van der Waals surface area contributed by atoms with Crippen LogP contribution in [-0.4, -0.2) is 43.6 Å². The molecule has 1 fully saturated rings. The summed E-state index contributed by atoms with van der Waals surface area (Å²) in [5.74, 6) is 0.643. The van der Waals surface area contributed by atoms with Gasteiger partial charge in [-0.2, -0.15) is 5.10 Å². The number of amides is 1. The molecular formula is C20H19N5O2. The van der Waals surface area contributed by atoms with Crippen LogP contribution in [0.4, 0.5) is 0 Å². The summed E-state index contributed by atoms with van der Waals surface area (Å²) in [5, 5.41) is 5.59. The van der Waals surface area contributed by atoms with E-state index in [-0.39, 0.29) is 11.8 Å². The van der Waals surface area contributed by atoms with Crippen molar-refractivity contribution in [3.63, 3.8) is 0 Å². The van der Waals surface area contributed by atoms with Gasteiger partial charge >= 0.3 is 0 Å². The van der Waals surface area contributed by atoms with E-state index in [1.807, 2.05) is 42.3 Å². The molecule has 0 atom stereocenters. The molecule has 0 aliphatic carbocycles. The SMILES string of the molecule is Cn1nc(C2CCN(C(=O)c3cc4ccccc4o3)CC2)c2nccnc21. The molecule has 27 heavy (non-hydrogen) atoms. The number of carbonyl (C=O) groups is 1. The number of likely N-dealkylation sites (tertiary alicyclic amines) is 1. The van der Waals surface area contributed by atoms with Crippen LogP contribution in [0.2, 0.25) is 0 Å². The predicted molar refractivity (Wildman–Crippen MR) is 100 cm³/mol. The second kappa shape index (κ2) is 6.19. The van der Waals surface area contributed by atoms with Gasteiger partial charge in [-0.05, 0) is 25.0 Å². The number of carbonyl (C=O) groups excluding carboxylic acids is 1. The first-order valence-electron chi connectivity index (χ1n) is 9.12. The van der Waals surface area contributed by atoms with Gasteiger partial charge in [-0.1, -0.05) is 18.2 Å². The Hall–Kier alpha value is -3.22. The van der Waals surface area contributed by atoms with E-state index in [1.54, 1.807) is 17.1 Å². The van der Waals surface area contributed by atoms with E-state index in [0.29, 0.717) is 18.8 Å². The molecule has 1 saturated heterocycles. The molecule has 4 heterocycles. The van der Waals surface area contributed by atoms with Crippen LogP contribution in [0.5, 0.6) is 0 Å². The maximum absolute atomic E-state index is 12.8. The van der Waals surface area contributed by atoms with E-state index in [9.17, 15) is 4.79 Å². The van der Waals surface area contributed by atoms with Crippen molar-refractivity contribution in [2.45, 2.75) is 18.8 Å². The standard InChI is InChI=1S/C20H19N5O2/c1-24-19-18(21-8-9-22-19)17(23-24)13-6-10-25(11-7-13)20(26)16-12-14-4-2-3-5-15(14)27-16/h2-5,8-9,12-13H,6-7,10-11H2,1H3. The zero-order valence-electron chi connectivity index (χ0n) is 15.0. The molecule has 7 heteroatoms. The summed E-state index contributed by atoms with van der Waals surface area (Å²) < 4.78 is 7.51. The molecule has 4 aromatic rings. The average Bonchev–Trinajstić information content (AvgIpc) is 3.29. The summed E-state index contributed by atoms with van der Waals surface area (Å²) in [4.78, 5) is 23.5. The van der Waals surface area contributed by atoms with Gasteiger partial charge in [-0.15, -0.1) is 0 Å². The maximum Gasteiger partial charge on any atom is 0.289 e. The van der Waals surface area contributed by atoms with Crippen LogP contribution in [0.3, 0.4) is 0 Å². The van der Waals surface area contributed by atoms with Crippen molar-refractivity contribution in [1.82, 2.24) is 24.6 Å². The fourth-order valence-electron chi connectivity index (χ4n) is 3.88. The third-order valence-electron chi connectivity index (χ3n) is 5.29. The summed E-state index contributed by atoms with van der Waals surface area (Å²) in [5.41, 5.74) is 3.39. The van der Waals surface area contributed by atoms with Gasteiger partial charge < -0.3 is 9.32 Å². The van der Waals surface area contributed by atoms with Gasteiger partial charge in [0, 0.05) is 43.8 Å². The number of benzene rings is 1. The highest BCUT2D eigenvalue weighted by Gasteiger charge is 2.29. The molecule has 136 valence electrons. The quantitative estimate of drug-likeness (QED) is 0.548. The van der Waals surface area contributed by atoms with Gasteiger partial charge in [0.15, 0.2) is 11.4 Å². The Morgan fingerprint density at radius 2 is 1.93 bits per heavy atom. The number of aryl methyl sites for hydroxylation is 1. The van der Waals surface area contributed by atoms with Crippen molar-refractivity contribution in [1.29, 1.82) is 0 Å². The second-order valence-corrected chi connectivity index (χ2v) is 6.95. The van der Waals surface area contributed by atoms with Gasteiger partial charge in [0.25, 0.3) is 5.91 Å². The topological polar surface area (TPSA) is 77.0 Å². The molecule has 0 saturated carbocycles. The first kappa shape index (κ1) is 16.0. The largest absolute Gasteiger partial charge is 0.451 e. The van der Waals surface area contributed by atoms with Crippen LogP contribution < -0.4 is 0 Å². The summed E-state index contributed by atoms with van der Waals surface area (Å²) in [6, 6.07) is 9.51. The van der Waals surface area contributed by atoms with E-state index >= 15 is 0 Å². The smallest absolute Gasteiger partial charge is 0.289 e. The highest BCUT2D eigenvalue weighted by Crippen LogP contribution is 2.31. The number of piperidine rings is 1. The molecule has 1 aliphatic rings. The lowest BCUT2D eigenvalue weighted by Crippen LogP contribution is -2.37. The Bertz CT molecular complexity index is 1100. The zero-order valence-corrected chi connectivity index (χ0v) is 15.0. The highest BCUT2D eigenvalue weighted by atomic mass is 16.3. The zero-order chi connectivity index (χ0) is 18.4. The third kappa shape index (κ3) is 2.66. The van der Waals surface area contributed by atoms with Crippen molar-refractivity contribution in [2.24, 2.45) is 7.05 Å². The molecule has 3 aromatic heterocycles. The normalized spacial score (nSPS) is 15.7. The van der Waals surface area contributed by atoms with E-state index in [0.717, 1.165) is 40.7 Å². The van der Waals surface area contributed by atoms with Gasteiger partial charge in [-0.3, -0.25) is 4.79 Å². The van der Waals surface area contributed by atoms with Crippen molar-refractivity contribution in [3.8, 4) is 0 Å². The number of furan rings is 1. The van der Waals surface area contributed by atoms with E-state index in [2.05, 4.69) is 15.1 Å². The Labute approximate surface area is 155 Å². The molecule has 0 bridgehead atoms. The van der Waals surface area contributed by atoms with Crippen molar-refractivity contribution in [3.05, 3.63) is 54.2 Å². The molecule has 0 radical (unpaired) electrons. The summed E-state index contributed by atoms with van der Waals surface area (Å²) in [6.45, 7) is 1.36. The van der Waals surface area contributed by atoms with Gasteiger partial charge in [0.1, 0.15) is 11.1 Å². The first-order chi connectivity index (χ1) is 13.2. The molecular weight excluding hydrogens is 342 g/mol. The molecule has 1 aromatic carbocycles. The number of fused-ring (bicyclic) bond motifs is 2. The number of hydrogen-bond acceptors (Lipinski definition) is 5. The minimum absolute atomic E-state index is 0.0460. The fourth-order valence-corrected chi connectivity index (χ4v) is 3.88. The lowest BCUT2D eigenvalue weighted by Gasteiger charge is -2.30. The van der Waals surface area contributed by atoms with E-state index in [4.69, 9.17) is 4.42 Å². The number of nitrogens with zero attached hydrogens (tertiary/aromatic N) is 5. The monoisotopic (exact) mass is 361 g/mol. The molecule has 5 rings (SSSR count). The molecule has 0 unspecified atom stereocenters. The average molecular weight is 361 g/mol. The van der Waals surface area contributed by atoms with Crippen molar-refractivity contribution < 1.29 is 9.21 Å². The van der Waals surface area contributed by atoms with Crippen LogP contribution in [0.1, 0.15) is 35.0 Å². The number of hydrogen-bond donors (Lipinski definition) is 0. The van der Waals surface area contributed by atoms with E-state index < -0.39 is 0 Å². The lowest BCUT2D eigenvalue weighted by molar-refractivity contribution is 0.0682. The molecule has 0 spiro atoms. The summed E-state index contributed by atoms with van der Waals surface area (Å²) in [6.07, 6.45) is 5.10. The van der Waals surface area contributed by atoms with Crippen LogP contribution in [0.25, 0.3) is 22.1 Å². The van der Waals surface area contributed by atoms with Crippen LogP contribution >= 0.6 is 0 Å². The van der Waals surface area contributed by atoms with Crippen LogP contribution in [-0.2, 0) is 7.05 Å². The predicted octanol–water partition coefficient (Wildman–Crippen LogP) is 3.13. The Morgan fingerprint density at radius 1 is 1.15 bits per heavy atom. The molecule has 1 amide bonds. The number of para-hydroxylation sites is 1. The Balaban J connectivity index is 1.34. The maximum atomic E-state index is 12.8. The Morgan fingerprint density at radius 3 is 2.74 bits per heavy atom. The van der Waals surface area contributed by atoms with Gasteiger partial charge in [0.05, 0.1) is 5.69 Å².